The largest absolute Gasteiger partial charge is 0.409 e. The Morgan fingerprint density at radius 3 is 2.93 bits per heavy atom. The van der Waals surface area contributed by atoms with E-state index in [0.29, 0.717) is 12.6 Å². The summed E-state index contributed by atoms with van der Waals surface area (Å²) >= 11 is 0. The van der Waals surface area contributed by atoms with Gasteiger partial charge in [-0.15, -0.1) is 0 Å². The second-order valence-corrected chi connectivity index (χ2v) is 4.12. The predicted molar refractivity (Wildman–Crippen MR) is 60.2 cm³/mol. The van der Waals surface area contributed by atoms with Gasteiger partial charge in [-0.2, -0.15) is 0 Å². The van der Waals surface area contributed by atoms with Crippen LogP contribution in [0.15, 0.2) is 5.16 Å². The third-order valence-corrected chi connectivity index (χ3v) is 2.79. The monoisotopic (exact) mass is 215 g/mol. The molecule has 1 heterocycles. The second-order valence-electron chi connectivity index (χ2n) is 4.12. The molecule has 0 aliphatic carbocycles. The highest BCUT2D eigenvalue weighted by molar-refractivity contribution is 5.81. The van der Waals surface area contributed by atoms with Crippen LogP contribution in [0.1, 0.15) is 0 Å². The Morgan fingerprint density at radius 1 is 1.53 bits per heavy atom. The highest BCUT2D eigenvalue weighted by Gasteiger charge is 2.21. The van der Waals surface area contributed by atoms with Gasteiger partial charge in [0.1, 0.15) is 0 Å². The van der Waals surface area contributed by atoms with Gasteiger partial charge in [0.2, 0.25) is 0 Å². The second kappa shape index (κ2) is 5.89. The van der Waals surface area contributed by atoms with Crippen molar-refractivity contribution in [2.45, 2.75) is 6.04 Å². The molecule has 0 saturated carbocycles. The summed E-state index contributed by atoms with van der Waals surface area (Å²) in [5.74, 6) is 0.224. The maximum Gasteiger partial charge on any atom is 0.153 e. The zero-order valence-electron chi connectivity index (χ0n) is 9.48. The van der Waals surface area contributed by atoms with Crippen molar-refractivity contribution in [1.29, 1.82) is 0 Å². The van der Waals surface area contributed by atoms with Crippen molar-refractivity contribution in [1.82, 2.24) is 15.1 Å². The number of hydrogen-bond donors (Lipinski definition) is 3. The van der Waals surface area contributed by atoms with Gasteiger partial charge in [-0.3, -0.25) is 4.90 Å². The van der Waals surface area contributed by atoms with Crippen LogP contribution in [0.4, 0.5) is 0 Å². The molecule has 4 N–H and O–H groups in total. The van der Waals surface area contributed by atoms with Crippen LogP contribution < -0.4 is 11.1 Å². The van der Waals surface area contributed by atoms with E-state index in [9.17, 15) is 0 Å². The summed E-state index contributed by atoms with van der Waals surface area (Å²) in [4.78, 5) is 4.65. The summed E-state index contributed by atoms with van der Waals surface area (Å²) in [6.45, 7) is 4.56. The van der Waals surface area contributed by atoms with E-state index in [-0.39, 0.29) is 5.84 Å². The number of nitrogens with one attached hydrogen (secondary N) is 1. The molecular formula is C9H21N5O. The van der Waals surface area contributed by atoms with Crippen LogP contribution >= 0.6 is 0 Å². The number of nitrogens with two attached hydrogens (primary N) is 1. The fourth-order valence-electron chi connectivity index (χ4n) is 1.72. The molecule has 1 saturated heterocycles. The van der Waals surface area contributed by atoms with Crippen molar-refractivity contribution in [3.05, 3.63) is 0 Å². The lowest BCUT2D eigenvalue weighted by molar-refractivity contribution is 0.114. The van der Waals surface area contributed by atoms with E-state index in [1.165, 1.54) is 0 Å². The van der Waals surface area contributed by atoms with Crippen molar-refractivity contribution < 1.29 is 5.21 Å². The quantitative estimate of drug-likeness (QED) is 0.232. The lowest BCUT2D eigenvalue weighted by Crippen LogP contribution is -2.54. The third-order valence-electron chi connectivity index (χ3n) is 2.79. The SMILES string of the molecule is CN1CCN(C)C(CNCC(N)=NO)C1. The van der Waals surface area contributed by atoms with Crippen LogP contribution in [0.2, 0.25) is 0 Å². The lowest BCUT2D eigenvalue weighted by Gasteiger charge is -2.37. The summed E-state index contributed by atoms with van der Waals surface area (Å²) in [7, 11) is 4.26. The Labute approximate surface area is 90.7 Å². The highest BCUT2D eigenvalue weighted by Crippen LogP contribution is 2.04. The van der Waals surface area contributed by atoms with Crippen LogP contribution in [0.5, 0.6) is 0 Å². The van der Waals surface area contributed by atoms with Crippen molar-refractivity contribution in [2.24, 2.45) is 10.9 Å². The standard InChI is InChI=1S/C9H21N5O/c1-13-3-4-14(2)8(7-13)5-11-6-9(10)12-15/h8,11,15H,3-7H2,1-2H3,(H2,10,12). The zero-order chi connectivity index (χ0) is 11.3. The number of nitrogens with zero attached hydrogens (tertiary/aromatic N) is 3. The van der Waals surface area contributed by atoms with Gasteiger partial charge in [-0.05, 0) is 14.1 Å². The van der Waals surface area contributed by atoms with E-state index >= 15 is 0 Å². The zero-order valence-corrected chi connectivity index (χ0v) is 9.48. The Kier molecular flexibility index (Phi) is 4.80. The molecule has 0 spiro atoms. The van der Waals surface area contributed by atoms with Crippen LogP contribution in [0.25, 0.3) is 0 Å². The summed E-state index contributed by atoms with van der Waals surface area (Å²) in [6, 6.07) is 0.496. The van der Waals surface area contributed by atoms with Gasteiger partial charge in [-0.25, -0.2) is 0 Å². The fourth-order valence-corrected chi connectivity index (χ4v) is 1.72. The number of hydrogen-bond acceptors (Lipinski definition) is 5. The summed E-state index contributed by atoms with van der Waals surface area (Å²) in [6.07, 6.45) is 0. The number of rotatable bonds is 4. The Hall–Kier alpha value is -0.850. The van der Waals surface area contributed by atoms with E-state index in [4.69, 9.17) is 10.9 Å². The van der Waals surface area contributed by atoms with E-state index in [1.807, 2.05) is 0 Å². The molecule has 0 aromatic rings. The van der Waals surface area contributed by atoms with Crippen LogP contribution in [-0.4, -0.2) is 73.7 Å². The topological polar surface area (TPSA) is 77.1 Å². The summed E-state index contributed by atoms with van der Waals surface area (Å²) in [5, 5.41) is 14.5. The van der Waals surface area contributed by atoms with Crippen molar-refractivity contribution in [2.75, 3.05) is 46.8 Å². The molecule has 0 aromatic carbocycles. The number of likely N-dealkylation sites (N-methyl/N-ethyl adjacent to an activating group) is 2. The molecule has 1 atom stereocenters. The first-order chi connectivity index (χ1) is 7.13. The van der Waals surface area contributed by atoms with E-state index in [1.54, 1.807) is 0 Å². The fraction of sp³-hybridized carbons (Fsp3) is 0.889. The van der Waals surface area contributed by atoms with Gasteiger partial charge < -0.3 is 21.2 Å². The van der Waals surface area contributed by atoms with Crippen molar-refractivity contribution in [3.8, 4) is 0 Å². The molecule has 6 heteroatoms. The molecule has 0 bridgehead atoms. The molecular weight excluding hydrogens is 194 g/mol. The molecule has 1 aliphatic rings. The minimum absolute atomic E-state index is 0.224. The van der Waals surface area contributed by atoms with Gasteiger partial charge in [0, 0.05) is 32.2 Å². The van der Waals surface area contributed by atoms with Crippen LogP contribution in [-0.2, 0) is 0 Å². The van der Waals surface area contributed by atoms with E-state index in [2.05, 4.69) is 34.4 Å². The minimum atomic E-state index is 0.224. The maximum absolute atomic E-state index is 8.37. The first-order valence-electron chi connectivity index (χ1n) is 5.19. The third kappa shape index (κ3) is 4.03. The molecule has 1 fully saturated rings. The minimum Gasteiger partial charge on any atom is -0.409 e. The number of piperazine rings is 1. The molecule has 6 nitrogen and oxygen atoms in total. The molecule has 88 valence electrons. The van der Waals surface area contributed by atoms with E-state index < -0.39 is 0 Å². The first-order valence-corrected chi connectivity index (χ1v) is 5.19. The van der Waals surface area contributed by atoms with E-state index in [0.717, 1.165) is 26.2 Å². The smallest absolute Gasteiger partial charge is 0.153 e. The average Bonchev–Trinajstić information content (AvgIpc) is 2.23. The molecule has 0 aromatic heterocycles. The van der Waals surface area contributed by atoms with Gasteiger partial charge in [0.15, 0.2) is 5.84 Å². The molecule has 1 aliphatic heterocycles. The normalized spacial score (nSPS) is 25.7. The van der Waals surface area contributed by atoms with Crippen molar-refractivity contribution in [3.63, 3.8) is 0 Å². The van der Waals surface area contributed by atoms with Crippen molar-refractivity contribution >= 4 is 5.84 Å². The Morgan fingerprint density at radius 2 is 2.27 bits per heavy atom. The molecule has 1 unspecified atom stereocenters. The molecule has 0 radical (unpaired) electrons. The predicted octanol–water partition coefficient (Wildman–Crippen LogP) is -1.43. The van der Waals surface area contributed by atoms with Gasteiger partial charge in [-0.1, -0.05) is 5.16 Å². The summed E-state index contributed by atoms with van der Waals surface area (Å²) < 4.78 is 0. The lowest BCUT2D eigenvalue weighted by atomic mass is 10.2. The van der Waals surface area contributed by atoms with Crippen LogP contribution in [0.3, 0.4) is 0 Å². The van der Waals surface area contributed by atoms with Gasteiger partial charge in [0.25, 0.3) is 0 Å². The maximum atomic E-state index is 8.37. The Balaban J connectivity index is 2.24. The first kappa shape index (κ1) is 12.2. The molecule has 15 heavy (non-hydrogen) atoms. The molecule has 0 amide bonds. The molecule has 1 rings (SSSR count). The van der Waals surface area contributed by atoms with Gasteiger partial charge >= 0.3 is 0 Å². The average molecular weight is 215 g/mol. The number of amidine groups is 1. The summed E-state index contributed by atoms with van der Waals surface area (Å²) in [5.41, 5.74) is 5.36. The number of oxime groups is 1. The Bertz CT molecular complexity index is 221. The highest BCUT2D eigenvalue weighted by atomic mass is 16.4. The van der Waals surface area contributed by atoms with Gasteiger partial charge in [0.05, 0.1) is 6.54 Å². The van der Waals surface area contributed by atoms with Crippen LogP contribution in [0, 0.1) is 0 Å².